The predicted octanol–water partition coefficient (Wildman–Crippen LogP) is 1.57. The third kappa shape index (κ3) is 4.39. The van der Waals surface area contributed by atoms with Crippen molar-refractivity contribution >= 4 is 6.03 Å². The minimum Gasteiger partial charge on any atom is -0.338 e. The third-order valence-electron chi connectivity index (χ3n) is 2.67. The molecule has 1 rings (SSSR count). The number of nitrogens with zero attached hydrogens (tertiary/aromatic N) is 1. The summed E-state index contributed by atoms with van der Waals surface area (Å²) in [6, 6.07) is 0.499. The van der Waals surface area contributed by atoms with Gasteiger partial charge in [0.25, 0.3) is 0 Å². The average Bonchev–Trinajstić information content (AvgIpc) is 2.16. The Kier molecular flexibility index (Phi) is 4.59. The molecule has 0 aromatic rings. The summed E-state index contributed by atoms with van der Waals surface area (Å²) in [5.74, 6) is 0. The molecule has 0 aliphatic carbocycles. The molecule has 1 heterocycles. The molecule has 0 saturated carbocycles. The lowest BCUT2D eigenvalue weighted by atomic mass is 10.0. The molecule has 16 heavy (non-hydrogen) atoms. The van der Waals surface area contributed by atoms with Crippen LogP contribution in [0.25, 0.3) is 0 Å². The van der Waals surface area contributed by atoms with Crippen molar-refractivity contribution in [1.82, 2.24) is 15.5 Å². The largest absolute Gasteiger partial charge is 0.338 e. The summed E-state index contributed by atoms with van der Waals surface area (Å²) >= 11 is 0. The van der Waals surface area contributed by atoms with Crippen molar-refractivity contribution in [2.75, 3.05) is 19.6 Å². The van der Waals surface area contributed by atoms with Gasteiger partial charge in [-0.05, 0) is 40.5 Å². The van der Waals surface area contributed by atoms with Crippen molar-refractivity contribution < 1.29 is 4.79 Å². The molecule has 0 spiro atoms. The zero-order valence-electron chi connectivity index (χ0n) is 11.0. The van der Waals surface area contributed by atoms with Crippen molar-refractivity contribution in [3.63, 3.8) is 0 Å². The van der Waals surface area contributed by atoms with E-state index in [-0.39, 0.29) is 11.6 Å². The third-order valence-corrected chi connectivity index (χ3v) is 2.67. The molecule has 94 valence electrons. The lowest BCUT2D eigenvalue weighted by Crippen LogP contribution is -2.54. The van der Waals surface area contributed by atoms with Crippen molar-refractivity contribution in [1.29, 1.82) is 0 Å². The molecule has 1 saturated heterocycles. The molecule has 1 aliphatic rings. The van der Waals surface area contributed by atoms with Crippen molar-refractivity contribution in [2.24, 2.45) is 0 Å². The fraction of sp³-hybridized carbons (Fsp3) is 0.917. The summed E-state index contributed by atoms with van der Waals surface area (Å²) in [7, 11) is 0. The number of urea groups is 1. The quantitative estimate of drug-likeness (QED) is 0.752. The van der Waals surface area contributed by atoms with Crippen LogP contribution in [0.15, 0.2) is 0 Å². The molecule has 0 aromatic heterocycles. The maximum atomic E-state index is 11.7. The molecule has 1 atom stereocenters. The van der Waals surface area contributed by atoms with Crippen molar-refractivity contribution in [2.45, 2.75) is 52.1 Å². The SMILES string of the molecule is CCNC(=O)N1CCCC(NC(C)(C)C)C1. The van der Waals surface area contributed by atoms with Gasteiger partial charge in [0.15, 0.2) is 0 Å². The Morgan fingerprint density at radius 3 is 2.69 bits per heavy atom. The van der Waals surface area contributed by atoms with Gasteiger partial charge in [0.2, 0.25) is 0 Å². The molecule has 2 N–H and O–H groups in total. The van der Waals surface area contributed by atoms with Gasteiger partial charge in [-0.2, -0.15) is 0 Å². The molecule has 4 heteroatoms. The average molecular weight is 227 g/mol. The first-order valence-electron chi connectivity index (χ1n) is 6.23. The number of carbonyl (C=O) groups is 1. The first-order chi connectivity index (χ1) is 7.42. The number of rotatable bonds is 2. The number of piperidine rings is 1. The minimum absolute atomic E-state index is 0.0721. The van der Waals surface area contributed by atoms with Gasteiger partial charge in [-0.1, -0.05) is 0 Å². The zero-order chi connectivity index (χ0) is 12.2. The Morgan fingerprint density at radius 2 is 2.12 bits per heavy atom. The molecule has 1 unspecified atom stereocenters. The highest BCUT2D eigenvalue weighted by atomic mass is 16.2. The van der Waals surface area contributed by atoms with Crippen molar-refractivity contribution in [3.8, 4) is 0 Å². The highest BCUT2D eigenvalue weighted by molar-refractivity contribution is 5.74. The van der Waals surface area contributed by atoms with Gasteiger partial charge in [0.05, 0.1) is 0 Å². The lowest BCUT2D eigenvalue weighted by Gasteiger charge is -2.37. The Labute approximate surface area is 98.8 Å². The first-order valence-corrected chi connectivity index (χ1v) is 6.23. The van der Waals surface area contributed by atoms with Crippen LogP contribution in [0.1, 0.15) is 40.5 Å². The van der Waals surface area contributed by atoms with E-state index in [1.807, 2.05) is 11.8 Å². The topological polar surface area (TPSA) is 44.4 Å². The second-order valence-electron chi connectivity index (χ2n) is 5.51. The fourth-order valence-electron chi connectivity index (χ4n) is 2.15. The molecular formula is C12H25N3O. The van der Waals surface area contributed by atoms with Crippen molar-refractivity contribution in [3.05, 3.63) is 0 Å². The maximum Gasteiger partial charge on any atom is 0.317 e. The van der Waals surface area contributed by atoms with E-state index >= 15 is 0 Å². The summed E-state index contributed by atoms with van der Waals surface area (Å²) < 4.78 is 0. The normalized spacial score (nSPS) is 22.0. The highest BCUT2D eigenvalue weighted by Crippen LogP contribution is 2.13. The minimum atomic E-state index is 0.0721. The summed E-state index contributed by atoms with van der Waals surface area (Å²) in [6.07, 6.45) is 2.25. The number of hydrogen-bond acceptors (Lipinski definition) is 2. The molecule has 0 aromatic carbocycles. The molecule has 2 amide bonds. The second-order valence-corrected chi connectivity index (χ2v) is 5.51. The van der Waals surface area contributed by atoms with Crippen LogP contribution in [0.4, 0.5) is 4.79 Å². The summed E-state index contributed by atoms with van der Waals surface area (Å²) in [5.41, 5.74) is 0.120. The van der Waals surface area contributed by atoms with Crippen LogP contribution in [0.3, 0.4) is 0 Å². The van der Waals surface area contributed by atoms with Gasteiger partial charge in [-0.15, -0.1) is 0 Å². The van der Waals surface area contributed by atoms with Gasteiger partial charge in [0, 0.05) is 31.2 Å². The monoisotopic (exact) mass is 227 g/mol. The van der Waals surface area contributed by atoms with E-state index in [0.717, 1.165) is 25.9 Å². The Morgan fingerprint density at radius 1 is 1.44 bits per heavy atom. The standard InChI is InChI=1S/C12H25N3O/c1-5-13-11(16)15-8-6-7-10(9-15)14-12(2,3)4/h10,14H,5-9H2,1-4H3,(H,13,16). The maximum absolute atomic E-state index is 11.7. The predicted molar refractivity (Wildman–Crippen MR) is 66.6 cm³/mol. The summed E-state index contributed by atoms with van der Waals surface area (Å²) in [6.45, 7) is 10.9. The van der Waals surface area contributed by atoms with Crippen LogP contribution in [-0.4, -0.2) is 42.1 Å². The van der Waals surface area contributed by atoms with Gasteiger partial charge in [0.1, 0.15) is 0 Å². The van der Waals surface area contributed by atoms with Gasteiger partial charge < -0.3 is 15.5 Å². The van der Waals surface area contributed by atoms with Crippen LogP contribution >= 0.6 is 0 Å². The molecule has 4 nitrogen and oxygen atoms in total. The Hall–Kier alpha value is -0.770. The molecule has 1 aliphatic heterocycles. The lowest BCUT2D eigenvalue weighted by molar-refractivity contribution is 0.165. The number of amides is 2. The zero-order valence-corrected chi connectivity index (χ0v) is 11.0. The molecular weight excluding hydrogens is 202 g/mol. The van der Waals surface area contributed by atoms with E-state index in [0.29, 0.717) is 12.6 Å². The summed E-state index contributed by atoms with van der Waals surface area (Å²) in [5, 5.41) is 6.42. The van der Waals surface area contributed by atoms with E-state index in [2.05, 4.69) is 31.4 Å². The van der Waals surface area contributed by atoms with Crippen LogP contribution in [0.5, 0.6) is 0 Å². The Bertz CT molecular complexity index is 235. The van der Waals surface area contributed by atoms with E-state index < -0.39 is 0 Å². The highest BCUT2D eigenvalue weighted by Gasteiger charge is 2.25. The van der Waals surface area contributed by atoms with Gasteiger partial charge >= 0.3 is 6.03 Å². The number of nitrogens with one attached hydrogen (secondary N) is 2. The molecule has 0 radical (unpaired) electrons. The smallest absolute Gasteiger partial charge is 0.317 e. The second kappa shape index (κ2) is 5.53. The van der Waals surface area contributed by atoms with Gasteiger partial charge in [-0.25, -0.2) is 4.79 Å². The Balaban J connectivity index is 2.44. The molecule has 0 bridgehead atoms. The van der Waals surface area contributed by atoms with Crippen LogP contribution in [0, 0.1) is 0 Å². The van der Waals surface area contributed by atoms with E-state index in [9.17, 15) is 4.79 Å². The van der Waals surface area contributed by atoms with E-state index in [4.69, 9.17) is 0 Å². The van der Waals surface area contributed by atoms with Crippen LogP contribution in [0.2, 0.25) is 0 Å². The van der Waals surface area contributed by atoms with E-state index in [1.54, 1.807) is 0 Å². The number of hydrogen-bond donors (Lipinski definition) is 2. The number of carbonyl (C=O) groups excluding carboxylic acids is 1. The van der Waals surface area contributed by atoms with Crippen LogP contribution in [-0.2, 0) is 0 Å². The molecule has 1 fully saturated rings. The first kappa shape index (κ1) is 13.3. The summed E-state index contributed by atoms with van der Waals surface area (Å²) in [4.78, 5) is 13.6. The van der Waals surface area contributed by atoms with Crippen LogP contribution < -0.4 is 10.6 Å². The fourth-order valence-corrected chi connectivity index (χ4v) is 2.15. The van der Waals surface area contributed by atoms with E-state index in [1.165, 1.54) is 0 Å². The number of likely N-dealkylation sites (tertiary alicyclic amines) is 1. The van der Waals surface area contributed by atoms with Gasteiger partial charge in [-0.3, -0.25) is 0 Å².